The zero-order chi connectivity index (χ0) is 21.4. The van der Waals surface area contributed by atoms with Gasteiger partial charge in [0.05, 0.1) is 29.1 Å². The molecule has 1 amide bonds. The van der Waals surface area contributed by atoms with Gasteiger partial charge in [-0.05, 0) is 39.8 Å². The number of rotatable bonds is 5. The SMILES string of the molecule is Cc1nn(C(C)C)c(C)c1CN1CCO[C@H](c2cc(C(N)=O)c3ccccc3n2)C1. The highest BCUT2D eigenvalue weighted by molar-refractivity contribution is 6.05. The Kier molecular flexibility index (Phi) is 5.58. The monoisotopic (exact) mass is 407 g/mol. The summed E-state index contributed by atoms with van der Waals surface area (Å²) in [6.45, 7) is 11.5. The highest BCUT2D eigenvalue weighted by atomic mass is 16.5. The van der Waals surface area contributed by atoms with E-state index in [4.69, 9.17) is 20.6 Å². The number of aryl methyl sites for hydroxylation is 1. The lowest BCUT2D eigenvalue weighted by atomic mass is 10.0. The summed E-state index contributed by atoms with van der Waals surface area (Å²) in [5.41, 5.74) is 11.2. The van der Waals surface area contributed by atoms with Crippen LogP contribution in [0.5, 0.6) is 0 Å². The molecule has 0 spiro atoms. The predicted octanol–water partition coefficient (Wildman–Crippen LogP) is 3.30. The molecule has 3 aromatic rings. The number of nitrogens with zero attached hydrogens (tertiary/aromatic N) is 4. The van der Waals surface area contributed by atoms with Crippen LogP contribution >= 0.6 is 0 Å². The van der Waals surface area contributed by atoms with Crippen LogP contribution in [0.25, 0.3) is 10.9 Å². The number of pyridine rings is 1. The standard InChI is InChI=1S/C23H29N5O2/c1-14(2)28-16(4)19(15(3)26-28)12-27-9-10-30-22(13-27)21-11-18(23(24)29)17-7-5-6-8-20(17)25-21/h5-8,11,14,22H,9-10,12-13H2,1-4H3,(H2,24,29)/t22-/m0/s1. The number of amides is 1. The number of benzene rings is 1. The van der Waals surface area contributed by atoms with Gasteiger partial charge in [-0.15, -0.1) is 0 Å². The molecule has 7 heteroatoms. The second kappa shape index (κ2) is 8.16. The Morgan fingerprint density at radius 1 is 1.30 bits per heavy atom. The number of fused-ring (bicyclic) bond motifs is 1. The van der Waals surface area contributed by atoms with Gasteiger partial charge < -0.3 is 10.5 Å². The Bertz CT molecular complexity index is 1090. The first-order valence-electron chi connectivity index (χ1n) is 10.4. The summed E-state index contributed by atoms with van der Waals surface area (Å²) in [5.74, 6) is -0.449. The van der Waals surface area contributed by atoms with E-state index >= 15 is 0 Å². The van der Waals surface area contributed by atoms with Crippen molar-refractivity contribution in [3.63, 3.8) is 0 Å². The van der Waals surface area contributed by atoms with E-state index in [1.807, 2.05) is 24.3 Å². The molecular formula is C23H29N5O2. The fraction of sp³-hybridized carbons (Fsp3) is 0.435. The van der Waals surface area contributed by atoms with Gasteiger partial charge >= 0.3 is 0 Å². The van der Waals surface area contributed by atoms with E-state index in [2.05, 4.69) is 37.3 Å². The number of aromatic nitrogens is 3. The summed E-state index contributed by atoms with van der Waals surface area (Å²) in [4.78, 5) is 19.2. The Morgan fingerprint density at radius 3 is 2.77 bits per heavy atom. The molecule has 0 saturated carbocycles. The Hall–Kier alpha value is -2.77. The molecule has 2 N–H and O–H groups in total. The van der Waals surface area contributed by atoms with Gasteiger partial charge in [0.2, 0.25) is 5.91 Å². The number of para-hydroxylation sites is 1. The van der Waals surface area contributed by atoms with Crippen molar-refractivity contribution in [2.75, 3.05) is 19.7 Å². The highest BCUT2D eigenvalue weighted by Crippen LogP contribution is 2.27. The molecule has 1 aromatic carbocycles. The molecule has 2 aromatic heterocycles. The third-order valence-corrected chi connectivity index (χ3v) is 5.83. The number of hydrogen-bond donors (Lipinski definition) is 1. The van der Waals surface area contributed by atoms with Gasteiger partial charge in [0, 0.05) is 42.3 Å². The summed E-state index contributed by atoms with van der Waals surface area (Å²) in [6, 6.07) is 9.69. The minimum atomic E-state index is -0.449. The topological polar surface area (TPSA) is 86.3 Å². The maximum Gasteiger partial charge on any atom is 0.249 e. The van der Waals surface area contributed by atoms with Crippen LogP contribution in [0.4, 0.5) is 0 Å². The predicted molar refractivity (Wildman–Crippen MR) is 116 cm³/mol. The van der Waals surface area contributed by atoms with Crippen molar-refractivity contribution in [3.8, 4) is 0 Å². The Labute approximate surface area is 176 Å². The highest BCUT2D eigenvalue weighted by Gasteiger charge is 2.26. The van der Waals surface area contributed by atoms with Crippen LogP contribution < -0.4 is 5.73 Å². The Balaban J connectivity index is 1.60. The minimum absolute atomic E-state index is 0.206. The summed E-state index contributed by atoms with van der Waals surface area (Å²) in [7, 11) is 0. The van der Waals surface area contributed by atoms with Crippen molar-refractivity contribution in [2.24, 2.45) is 5.73 Å². The van der Waals surface area contributed by atoms with E-state index in [-0.39, 0.29) is 6.10 Å². The number of hydrogen-bond acceptors (Lipinski definition) is 5. The quantitative estimate of drug-likeness (QED) is 0.701. The van der Waals surface area contributed by atoms with Crippen molar-refractivity contribution >= 4 is 16.8 Å². The van der Waals surface area contributed by atoms with Crippen molar-refractivity contribution in [3.05, 3.63) is 58.5 Å². The normalized spacial score (nSPS) is 17.7. The van der Waals surface area contributed by atoms with Gasteiger partial charge in [-0.25, -0.2) is 4.98 Å². The molecule has 3 heterocycles. The molecule has 0 aliphatic carbocycles. The number of primary amides is 1. The number of morpholine rings is 1. The second-order valence-electron chi connectivity index (χ2n) is 8.26. The van der Waals surface area contributed by atoms with Crippen LogP contribution in [0.2, 0.25) is 0 Å². The molecule has 0 unspecified atom stereocenters. The molecule has 158 valence electrons. The van der Waals surface area contributed by atoms with E-state index in [1.165, 1.54) is 11.3 Å². The average molecular weight is 408 g/mol. The van der Waals surface area contributed by atoms with Gasteiger partial charge in [0.1, 0.15) is 6.10 Å². The summed E-state index contributed by atoms with van der Waals surface area (Å²) >= 11 is 0. The smallest absolute Gasteiger partial charge is 0.249 e. The molecule has 30 heavy (non-hydrogen) atoms. The molecule has 1 fully saturated rings. The van der Waals surface area contributed by atoms with Crippen LogP contribution in [0.3, 0.4) is 0 Å². The van der Waals surface area contributed by atoms with Crippen LogP contribution in [-0.4, -0.2) is 45.3 Å². The van der Waals surface area contributed by atoms with E-state index in [9.17, 15) is 4.79 Å². The molecule has 1 aliphatic rings. The third-order valence-electron chi connectivity index (χ3n) is 5.83. The van der Waals surface area contributed by atoms with Gasteiger partial charge in [0.25, 0.3) is 0 Å². The summed E-state index contributed by atoms with van der Waals surface area (Å²) in [5, 5.41) is 5.48. The zero-order valence-corrected chi connectivity index (χ0v) is 18.1. The average Bonchev–Trinajstić information content (AvgIpc) is 3.01. The lowest BCUT2D eigenvalue weighted by Crippen LogP contribution is -2.38. The Morgan fingerprint density at radius 2 is 2.07 bits per heavy atom. The largest absolute Gasteiger partial charge is 0.369 e. The summed E-state index contributed by atoms with van der Waals surface area (Å²) in [6.07, 6.45) is -0.206. The lowest BCUT2D eigenvalue weighted by molar-refractivity contribution is -0.0349. The molecule has 1 saturated heterocycles. The fourth-order valence-electron chi connectivity index (χ4n) is 4.24. The van der Waals surface area contributed by atoms with Crippen LogP contribution in [0.15, 0.2) is 30.3 Å². The van der Waals surface area contributed by atoms with Crippen LogP contribution in [-0.2, 0) is 11.3 Å². The molecule has 4 rings (SSSR count). The molecule has 7 nitrogen and oxygen atoms in total. The van der Waals surface area contributed by atoms with Crippen molar-refractivity contribution < 1.29 is 9.53 Å². The first-order chi connectivity index (χ1) is 14.3. The van der Waals surface area contributed by atoms with Crippen molar-refractivity contribution in [1.29, 1.82) is 0 Å². The molecule has 1 aliphatic heterocycles. The first-order valence-corrected chi connectivity index (χ1v) is 10.4. The van der Waals surface area contributed by atoms with Gasteiger partial charge in [-0.1, -0.05) is 18.2 Å². The van der Waals surface area contributed by atoms with E-state index in [0.29, 0.717) is 24.8 Å². The summed E-state index contributed by atoms with van der Waals surface area (Å²) < 4.78 is 8.13. The number of carbonyl (C=O) groups excluding carboxylic acids is 1. The van der Waals surface area contributed by atoms with Gasteiger partial charge in [-0.2, -0.15) is 5.10 Å². The van der Waals surface area contributed by atoms with Gasteiger partial charge in [0.15, 0.2) is 0 Å². The van der Waals surface area contributed by atoms with E-state index in [0.717, 1.165) is 35.4 Å². The van der Waals surface area contributed by atoms with E-state index in [1.54, 1.807) is 6.07 Å². The second-order valence-corrected chi connectivity index (χ2v) is 8.26. The van der Waals surface area contributed by atoms with Crippen LogP contribution in [0, 0.1) is 13.8 Å². The van der Waals surface area contributed by atoms with Crippen LogP contribution in [0.1, 0.15) is 59.0 Å². The minimum Gasteiger partial charge on any atom is -0.369 e. The third kappa shape index (κ3) is 3.82. The molecule has 1 atom stereocenters. The lowest BCUT2D eigenvalue weighted by Gasteiger charge is -2.33. The first kappa shape index (κ1) is 20.5. The van der Waals surface area contributed by atoms with E-state index < -0.39 is 5.91 Å². The fourth-order valence-corrected chi connectivity index (χ4v) is 4.24. The zero-order valence-electron chi connectivity index (χ0n) is 18.1. The van der Waals surface area contributed by atoms with Crippen molar-refractivity contribution in [2.45, 2.75) is 46.4 Å². The molecule has 0 radical (unpaired) electrons. The molecular weight excluding hydrogens is 378 g/mol. The maximum atomic E-state index is 12.0. The molecule has 0 bridgehead atoms. The number of carbonyl (C=O) groups is 1. The number of ether oxygens (including phenoxy) is 1. The van der Waals surface area contributed by atoms with Crippen molar-refractivity contribution in [1.82, 2.24) is 19.7 Å². The maximum absolute atomic E-state index is 12.0. The number of nitrogens with two attached hydrogens (primary N) is 1. The van der Waals surface area contributed by atoms with Gasteiger partial charge in [-0.3, -0.25) is 14.4 Å².